The second-order valence-corrected chi connectivity index (χ2v) is 4.27. The van der Waals surface area contributed by atoms with Crippen molar-refractivity contribution in [3.8, 4) is 0 Å². The minimum Gasteiger partial charge on any atom is -0.429 e. The fraction of sp³-hybridized carbons (Fsp3) is 0.750. The number of carbonyl (C=O) groups is 1. The maximum absolute atomic E-state index is 12.3. The molecule has 1 fully saturated rings. The van der Waals surface area contributed by atoms with Crippen LogP contribution in [0.5, 0.6) is 0 Å². The monoisotopic (exact) mass is 266 g/mol. The number of rotatable bonds is 4. The smallest absolute Gasteiger partial charge is 0.422 e. The molecule has 0 bridgehead atoms. The first-order valence-corrected chi connectivity index (χ1v) is 5.94. The molecule has 0 unspecified atom stereocenters. The van der Waals surface area contributed by atoms with E-state index in [-0.39, 0.29) is 6.61 Å². The highest BCUT2D eigenvalue weighted by atomic mass is 19.4. The topological polar surface area (TPSA) is 35.5 Å². The van der Waals surface area contributed by atoms with Crippen LogP contribution in [0.2, 0.25) is 0 Å². The largest absolute Gasteiger partial charge is 0.429 e. The minimum atomic E-state index is -4.76. The van der Waals surface area contributed by atoms with Gasteiger partial charge in [0.2, 0.25) is 5.79 Å². The first-order valence-electron chi connectivity index (χ1n) is 5.94. The second-order valence-electron chi connectivity index (χ2n) is 4.27. The summed E-state index contributed by atoms with van der Waals surface area (Å²) in [7, 11) is 0. The van der Waals surface area contributed by atoms with Crippen molar-refractivity contribution in [3.05, 3.63) is 12.2 Å². The third-order valence-electron chi connectivity index (χ3n) is 2.89. The average molecular weight is 266 g/mol. The summed E-state index contributed by atoms with van der Waals surface area (Å²) < 4.78 is 47.2. The molecule has 0 saturated heterocycles. The summed E-state index contributed by atoms with van der Waals surface area (Å²) in [5.74, 6) is -2.66. The summed E-state index contributed by atoms with van der Waals surface area (Å²) in [4.78, 5) is 11.4. The quantitative estimate of drug-likeness (QED) is 0.444. The zero-order valence-electron chi connectivity index (χ0n) is 10.3. The number of alkyl halides is 3. The normalized spacial score (nSPS) is 19.3. The third kappa shape index (κ3) is 3.73. The van der Waals surface area contributed by atoms with Crippen molar-refractivity contribution in [2.45, 2.75) is 51.0 Å². The maximum atomic E-state index is 12.3. The van der Waals surface area contributed by atoms with Crippen LogP contribution in [0.15, 0.2) is 12.2 Å². The Bertz CT molecular complexity index is 312. The number of hydrogen-bond acceptors (Lipinski definition) is 3. The highest BCUT2D eigenvalue weighted by molar-refractivity contribution is 5.89. The van der Waals surface area contributed by atoms with Gasteiger partial charge in [-0.3, -0.25) is 0 Å². The van der Waals surface area contributed by atoms with E-state index in [9.17, 15) is 18.0 Å². The van der Waals surface area contributed by atoms with Crippen LogP contribution in [-0.4, -0.2) is 24.5 Å². The van der Waals surface area contributed by atoms with Gasteiger partial charge in [0.25, 0.3) is 0 Å². The number of esters is 1. The number of hydrogen-bond donors (Lipinski definition) is 0. The van der Waals surface area contributed by atoms with Gasteiger partial charge >= 0.3 is 12.1 Å². The Hall–Kier alpha value is -1.04. The zero-order valence-corrected chi connectivity index (χ0v) is 10.3. The zero-order chi connectivity index (χ0) is 13.8. The molecule has 6 heteroatoms. The van der Waals surface area contributed by atoms with Gasteiger partial charge in [-0.25, -0.2) is 4.79 Å². The molecule has 0 aromatic heterocycles. The molecule has 0 heterocycles. The molecular formula is C12H17F3O3. The van der Waals surface area contributed by atoms with Crippen molar-refractivity contribution in [2.24, 2.45) is 0 Å². The lowest BCUT2D eigenvalue weighted by molar-refractivity contribution is -0.242. The van der Waals surface area contributed by atoms with E-state index < -0.39 is 23.5 Å². The minimum absolute atomic E-state index is 0.284. The Balaban J connectivity index is 2.72. The van der Waals surface area contributed by atoms with Gasteiger partial charge in [-0.15, -0.1) is 0 Å². The predicted octanol–water partition coefficient (Wildman–Crippen LogP) is 3.35. The third-order valence-corrected chi connectivity index (χ3v) is 2.89. The number of carbonyl (C=O) groups excluding carboxylic acids is 1. The van der Waals surface area contributed by atoms with Gasteiger partial charge in [-0.05, 0) is 19.8 Å². The Kier molecular flexibility index (Phi) is 4.78. The fourth-order valence-electron chi connectivity index (χ4n) is 1.98. The summed E-state index contributed by atoms with van der Waals surface area (Å²) in [5.41, 5.74) is -1.49. The van der Waals surface area contributed by atoms with Crippen LogP contribution in [0, 0.1) is 0 Å². The molecule has 0 aromatic carbocycles. The predicted molar refractivity (Wildman–Crippen MR) is 58.7 cm³/mol. The van der Waals surface area contributed by atoms with E-state index in [1.54, 1.807) is 6.92 Å². The van der Waals surface area contributed by atoms with Gasteiger partial charge in [-0.1, -0.05) is 13.0 Å². The molecule has 18 heavy (non-hydrogen) atoms. The standard InChI is InChI=1S/C12H17F3O3/c1-3-17-11(7-5-4-6-8-11)18-10(16)9(2)12(13,14)15/h2-8H2,1H3. The first kappa shape index (κ1) is 15.0. The van der Waals surface area contributed by atoms with E-state index in [1.807, 2.05) is 0 Å². The summed E-state index contributed by atoms with van der Waals surface area (Å²) in [6.45, 7) is 4.72. The van der Waals surface area contributed by atoms with E-state index in [2.05, 4.69) is 6.58 Å². The molecule has 0 radical (unpaired) electrons. The van der Waals surface area contributed by atoms with Crippen LogP contribution < -0.4 is 0 Å². The summed E-state index contributed by atoms with van der Waals surface area (Å²) in [6, 6.07) is 0. The second kappa shape index (κ2) is 5.73. The maximum Gasteiger partial charge on any atom is 0.422 e. The highest BCUT2D eigenvalue weighted by Gasteiger charge is 2.43. The summed E-state index contributed by atoms with van der Waals surface area (Å²) >= 11 is 0. The lowest BCUT2D eigenvalue weighted by atomic mass is 9.94. The van der Waals surface area contributed by atoms with E-state index in [0.29, 0.717) is 12.8 Å². The molecule has 3 nitrogen and oxygen atoms in total. The average Bonchev–Trinajstić information content (AvgIpc) is 2.28. The molecule has 0 N–H and O–H groups in total. The van der Waals surface area contributed by atoms with E-state index in [4.69, 9.17) is 9.47 Å². The van der Waals surface area contributed by atoms with Gasteiger partial charge < -0.3 is 9.47 Å². The van der Waals surface area contributed by atoms with Gasteiger partial charge in [0.05, 0.1) is 0 Å². The van der Waals surface area contributed by atoms with Crippen LogP contribution in [-0.2, 0) is 14.3 Å². The molecule has 0 aliphatic heterocycles. The molecular weight excluding hydrogens is 249 g/mol. The molecule has 1 aliphatic rings. The highest BCUT2D eigenvalue weighted by Crippen LogP contribution is 2.35. The number of halogens is 3. The van der Waals surface area contributed by atoms with Crippen LogP contribution in [0.1, 0.15) is 39.0 Å². The summed E-state index contributed by atoms with van der Waals surface area (Å²) in [5, 5.41) is 0. The van der Waals surface area contributed by atoms with E-state index >= 15 is 0 Å². The molecule has 1 rings (SSSR count). The van der Waals surface area contributed by atoms with Crippen molar-refractivity contribution in [1.82, 2.24) is 0 Å². The molecule has 1 saturated carbocycles. The Morgan fingerprint density at radius 1 is 1.28 bits per heavy atom. The van der Waals surface area contributed by atoms with Crippen molar-refractivity contribution < 1.29 is 27.4 Å². The molecule has 104 valence electrons. The van der Waals surface area contributed by atoms with Crippen molar-refractivity contribution >= 4 is 5.97 Å². The van der Waals surface area contributed by atoms with Crippen LogP contribution in [0.3, 0.4) is 0 Å². The van der Waals surface area contributed by atoms with Crippen molar-refractivity contribution in [1.29, 1.82) is 0 Å². The lowest BCUT2D eigenvalue weighted by Gasteiger charge is -2.36. The molecule has 0 aromatic rings. The molecule has 0 spiro atoms. The van der Waals surface area contributed by atoms with Crippen LogP contribution in [0.25, 0.3) is 0 Å². The van der Waals surface area contributed by atoms with E-state index in [1.165, 1.54) is 0 Å². The van der Waals surface area contributed by atoms with Crippen molar-refractivity contribution in [3.63, 3.8) is 0 Å². The molecule has 0 amide bonds. The van der Waals surface area contributed by atoms with Gasteiger partial charge in [0.15, 0.2) is 0 Å². The Morgan fingerprint density at radius 3 is 2.28 bits per heavy atom. The van der Waals surface area contributed by atoms with Gasteiger partial charge in [0, 0.05) is 19.4 Å². The van der Waals surface area contributed by atoms with E-state index in [0.717, 1.165) is 19.3 Å². The lowest BCUT2D eigenvalue weighted by Crippen LogP contribution is -2.41. The molecule has 1 aliphatic carbocycles. The molecule has 0 atom stereocenters. The Labute approximate surface area is 104 Å². The van der Waals surface area contributed by atoms with Crippen molar-refractivity contribution in [2.75, 3.05) is 6.61 Å². The fourth-order valence-corrected chi connectivity index (χ4v) is 1.98. The number of ether oxygens (including phenoxy) is 2. The van der Waals surface area contributed by atoms with Crippen LogP contribution in [0.4, 0.5) is 13.2 Å². The SMILES string of the molecule is C=C(C(=O)OC1(OCC)CCCCC1)C(F)(F)F. The van der Waals surface area contributed by atoms with Gasteiger partial charge in [0.1, 0.15) is 5.57 Å². The first-order chi connectivity index (χ1) is 8.31. The Morgan fingerprint density at radius 2 is 1.83 bits per heavy atom. The van der Waals surface area contributed by atoms with Gasteiger partial charge in [-0.2, -0.15) is 13.2 Å². The summed E-state index contributed by atoms with van der Waals surface area (Å²) in [6.07, 6.45) is -1.40. The van der Waals surface area contributed by atoms with Crippen LogP contribution >= 0.6 is 0 Å².